The van der Waals surface area contributed by atoms with Crippen LogP contribution in [0, 0.1) is 17.0 Å². The summed E-state index contributed by atoms with van der Waals surface area (Å²) in [4.78, 5) is 11.9. The van der Waals surface area contributed by atoms with Gasteiger partial charge in [-0.3, -0.25) is 4.79 Å². The molecule has 1 amide bonds. The lowest BCUT2D eigenvalue weighted by molar-refractivity contribution is -0.121. The molecule has 5 heteroatoms. The molecule has 0 spiro atoms. The first-order valence-corrected chi connectivity index (χ1v) is 7.85. The Hall–Kier alpha value is -0.970. The van der Waals surface area contributed by atoms with Crippen molar-refractivity contribution in [2.45, 2.75) is 33.1 Å². The molecule has 1 N–H and O–H groups in total. The number of carbonyl (C=O) groups excluding carboxylic acids is 1. The zero-order valence-electron chi connectivity index (χ0n) is 11.8. The Bertz CT molecular complexity index is 453. The van der Waals surface area contributed by atoms with Gasteiger partial charge >= 0.3 is 0 Å². The van der Waals surface area contributed by atoms with Crippen LogP contribution in [0.5, 0.6) is 0 Å². The quantitative estimate of drug-likeness (QED) is 0.746. The number of alkyl halides is 1. The summed E-state index contributed by atoms with van der Waals surface area (Å²) in [6, 6.07) is 3.26. The fourth-order valence-corrected chi connectivity index (χ4v) is 2.91. The van der Waals surface area contributed by atoms with Crippen molar-refractivity contribution >= 4 is 21.8 Å². The third-order valence-electron chi connectivity index (χ3n) is 3.81. The third-order valence-corrected chi connectivity index (χ3v) is 5.00. The molecule has 0 saturated carbocycles. The van der Waals surface area contributed by atoms with E-state index in [1.54, 1.807) is 0 Å². The van der Waals surface area contributed by atoms with Crippen LogP contribution in [-0.2, 0) is 11.2 Å². The van der Waals surface area contributed by atoms with E-state index in [1.165, 1.54) is 6.07 Å². The van der Waals surface area contributed by atoms with Crippen molar-refractivity contribution in [2.75, 3.05) is 11.9 Å². The number of hydrogen-bond acceptors (Lipinski definition) is 1. The summed E-state index contributed by atoms with van der Waals surface area (Å²) >= 11 is 3.48. The van der Waals surface area contributed by atoms with Crippen LogP contribution in [0.1, 0.15) is 32.3 Å². The van der Waals surface area contributed by atoms with Crippen LogP contribution in [-0.4, -0.2) is 17.8 Å². The SMILES string of the molecule is CCC(CC)(CBr)CNC(=O)Cc1ccc(F)cc1F. The normalized spacial score (nSPS) is 11.4. The van der Waals surface area contributed by atoms with Gasteiger partial charge in [0.15, 0.2) is 0 Å². The van der Waals surface area contributed by atoms with E-state index in [0.717, 1.165) is 30.3 Å². The second kappa shape index (κ2) is 7.72. The number of rotatable bonds is 7. The van der Waals surface area contributed by atoms with Gasteiger partial charge in [-0.05, 0) is 29.9 Å². The molecular weight excluding hydrogens is 328 g/mol. The maximum atomic E-state index is 13.5. The summed E-state index contributed by atoms with van der Waals surface area (Å²) in [6.07, 6.45) is 1.82. The van der Waals surface area contributed by atoms with Gasteiger partial charge in [0.1, 0.15) is 11.6 Å². The Balaban J connectivity index is 2.60. The molecule has 0 aliphatic rings. The molecule has 1 aromatic carbocycles. The molecule has 0 saturated heterocycles. The molecule has 2 nitrogen and oxygen atoms in total. The van der Waals surface area contributed by atoms with E-state index in [1.807, 2.05) is 0 Å². The van der Waals surface area contributed by atoms with E-state index < -0.39 is 11.6 Å². The van der Waals surface area contributed by atoms with Crippen molar-refractivity contribution in [3.05, 3.63) is 35.4 Å². The topological polar surface area (TPSA) is 29.1 Å². The Kier molecular flexibility index (Phi) is 6.59. The lowest BCUT2D eigenvalue weighted by atomic mass is 9.84. The summed E-state index contributed by atoms with van der Waals surface area (Å²) in [6.45, 7) is 4.71. The van der Waals surface area contributed by atoms with Crippen molar-refractivity contribution in [1.29, 1.82) is 0 Å². The van der Waals surface area contributed by atoms with Crippen LogP contribution in [0.4, 0.5) is 8.78 Å². The minimum absolute atomic E-state index is 0.0248. The molecule has 0 aromatic heterocycles. The molecule has 0 fully saturated rings. The fourth-order valence-electron chi connectivity index (χ4n) is 1.92. The van der Waals surface area contributed by atoms with Gasteiger partial charge in [-0.25, -0.2) is 8.78 Å². The first-order valence-electron chi connectivity index (χ1n) is 6.73. The van der Waals surface area contributed by atoms with Gasteiger partial charge in [0, 0.05) is 17.9 Å². The van der Waals surface area contributed by atoms with Gasteiger partial charge in [0.2, 0.25) is 5.91 Å². The minimum Gasteiger partial charge on any atom is -0.355 e. The molecular formula is C15H20BrF2NO. The average molecular weight is 348 g/mol. The van der Waals surface area contributed by atoms with Crippen molar-refractivity contribution in [3.8, 4) is 0 Å². The maximum Gasteiger partial charge on any atom is 0.224 e. The molecule has 0 aliphatic carbocycles. The average Bonchev–Trinajstić information content (AvgIpc) is 2.44. The Morgan fingerprint density at radius 1 is 1.30 bits per heavy atom. The molecule has 0 radical (unpaired) electrons. The summed E-state index contributed by atoms with van der Waals surface area (Å²) in [5, 5.41) is 3.64. The van der Waals surface area contributed by atoms with Gasteiger partial charge < -0.3 is 5.32 Å². The predicted molar refractivity (Wildman–Crippen MR) is 79.9 cm³/mol. The highest BCUT2D eigenvalue weighted by Crippen LogP contribution is 2.27. The van der Waals surface area contributed by atoms with E-state index in [4.69, 9.17) is 0 Å². The summed E-state index contributed by atoms with van der Waals surface area (Å²) in [5.74, 6) is -1.57. The number of nitrogens with one attached hydrogen (secondary N) is 1. The number of benzene rings is 1. The van der Waals surface area contributed by atoms with Crippen LogP contribution >= 0.6 is 15.9 Å². The summed E-state index contributed by atoms with van der Waals surface area (Å²) < 4.78 is 26.2. The predicted octanol–water partition coefficient (Wildman–Crippen LogP) is 3.82. The second-order valence-electron chi connectivity index (χ2n) is 5.03. The van der Waals surface area contributed by atoms with Gasteiger partial charge in [0.05, 0.1) is 6.42 Å². The van der Waals surface area contributed by atoms with Gasteiger partial charge in [-0.2, -0.15) is 0 Å². The second-order valence-corrected chi connectivity index (χ2v) is 5.59. The van der Waals surface area contributed by atoms with E-state index in [0.29, 0.717) is 6.54 Å². The lowest BCUT2D eigenvalue weighted by Gasteiger charge is -2.29. The number of hydrogen-bond donors (Lipinski definition) is 1. The fraction of sp³-hybridized carbons (Fsp3) is 0.533. The molecule has 1 rings (SSSR count). The molecule has 112 valence electrons. The molecule has 20 heavy (non-hydrogen) atoms. The zero-order valence-corrected chi connectivity index (χ0v) is 13.4. The largest absolute Gasteiger partial charge is 0.355 e. The maximum absolute atomic E-state index is 13.5. The highest BCUT2D eigenvalue weighted by atomic mass is 79.9. The number of halogens is 3. The summed E-state index contributed by atoms with van der Waals surface area (Å²) in [5.41, 5.74) is 0.234. The monoisotopic (exact) mass is 347 g/mol. The van der Waals surface area contributed by atoms with Gasteiger partial charge in [0.25, 0.3) is 0 Å². The summed E-state index contributed by atoms with van der Waals surface area (Å²) in [7, 11) is 0. The van der Waals surface area contributed by atoms with E-state index in [2.05, 4.69) is 35.1 Å². The molecule has 0 unspecified atom stereocenters. The van der Waals surface area contributed by atoms with Crippen LogP contribution in [0.2, 0.25) is 0 Å². The third kappa shape index (κ3) is 4.54. The molecule has 0 heterocycles. The Morgan fingerprint density at radius 3 is 2.45 bits per heavy atom. The zero-order chi connectivity index (χ0) is 15.2. The van der Waals surface area contributed by atoms with Gasteiger partial charge in [-0.15, -0.1) is 0 Å². The van der Waals surface area contributed by atoms with Gasteiger partial charge in [-0.1, -0.05) is 35.8 Å². The number of amides is 1. The Morgan fingerprint density at radius 2 is 1.95 bits per heavy atom. The smallest absolute Gasteiger partial charge is 0.224 e. The lowest BCUT2D eigenvalue weighted by Crippen LogP contribution is -2.38. The van der Waals surface area contributed by atoms with Crippen LogP contribution < -0.4 is 5.32 Å². The van der Waals surface area contributed by atoms with Crippen molar-refractivity contribution in [2.24, 2.45) is 5.41 Å². The Labute approximate surface area is 127 Å². The number of carbonyl (C=O) groups is 1. The van der Waals surface area contributed by atoms with Crippen LogP contribution in [0.25, 0.3) is 0 Å². The molecule has 0 atom stereocenters. The van der Waals surface area contributed by atoms with E-state index >= 15 is 0 Å². The van der Waals surface area contributed by atoms with E-state index in [9.17, 15) is 13.6 Å². The van der Waals surface area contributed by atoms with Crippen molar-refractivity contribution in [3.63, 3.8) is 0 Å². The van der Waals surface area contributed by atoms with Crippen molar-refractivity contribution in [1.82, 2.24) is 5.32 Å². The minimum atomic E-state index is -0.683. The van der Waals surface area contributed by atoms with Crippen LogP contribution in [0.3, 0.4) is 0 Å². The molecule has 0 bridgehead atoms. The molecule has 1 aromatic rings. The standard InChI is InChI=1S/C15H20BrF2NO/c1-3-15(4-2,9-16)10-19-14(20)7-11-5-6-12(17)8-13(11)18/h5-6,8H,3-4,7,9-10H2,1-2H3,(H,19,20). The highest BCUT2D eigenvalue weighted by molar-refractivity contribution is 9.09. The van der Waals surface area contributed by atoms with Crippen LogP contribution in [0.15, 0.2) is 18.2 Å². The first-order chi connectivity index (χ1) is 9.46. The highest BCUT2D eigenvalue weighted by Gasteiger charge is 2.25. The molecule has 0 aliphatic heterocycles. The first kappa shape index (κ1) is 17.1. The van der Waals surface area contributed by atoms with Crippen molar-refractivity contribution < 1.29 is 13.6 Å². The van der Waals surface area contributed by atoms with E-state index in [-0.39, 0.29) is 23.3 Å².